The number of aryl methyl sites for hydroxylation is 1. The van der Waals surface area contributed by atoms with E-state index in [0.717, 1.165) is 66.2 Å². The van der Waals surface area contributed by atoms with Gasteiger partial charge in [0.25, 0.3) is 0 Å². The largest absolute Gasteiger partial charge is 0.497 e. The van der Waals surface area contributed by atoms with Gasteiger partial charge < -0.3 is 9.47 Å². The normalized spacial score (nSPS) is 15.4. The highest BCUT2D eigenvalue weighted by molar-refractivity contribution is 7.13. The van der Waals surface area contributed by atoms with Gasteiger partial charge in [-0.25, -0.2) is 15.0 Å². The fourth-order valence-electron chi connectivity index (χ4n) is 3.80. The number of hydrogen-bond donors (Lipinski definition) is 0. The Morgan fingerprint density at radius 2 is 1.76 bits per heavy atom. The first kappa shape index (κ1) is 19.8. The molecule has 0 bridgehead atoms. The first-order chi connectivity index (χ1) is 14.1. The van der Waals surface area contributed by atoms with E-state index in [2.05, 4.69) is 22.0 Å². The fraction of sp³-hybridized carbons (Fsp3) is 0.409. The van der Waals surface area contributed by atoms with Crippen molar-refractivity contribution in [2.75, 3.05) is 27.3 Å². The molecule has 0 saturated carbocycles. The van der Waals surface area contributed by atoms with Crippen molar-refractivity contribution in [3.63, 3.8) is 0 Å². The Bertz CT molecular complexity index is 931. The Labute approximate surface area is 175 Å². The number of ether oxygens (including phenoxy) is 2. The smallest absolute Gasteiger partial charge is 0.141 e. The molecule has 1 aliphatic rings. The van der Waals surface area contributed by atoms with Crippen molar-refractivity contribution in [1.82, 2.24) is 19.9 Å². The molecule has 0 aliphatic carbocycles. The van der Waals surface area contributed by atoms with Gasteiger partial charge in [-0.05, 0) is 56.6 Å². The van der Waals surface area contributed by atoms with Crippen LogP contribution in [0.3, 0.4) is 0 Å². The molecular formula is C22H26N4O2S. The van der Waals surface area contributed by atoms with Crippen LogP contribution in [0.5, 0.6) is 11.5 Å². The average molecular weight is 411 g/mol. The molecule has 4 rings (SSSR count). The molecule has 0 unspecified atom stereocenters. The minimum Gasteiger partial charge on any atom is -0.497 e. The Morgan fingerprint density at radius 3 is 2.38 bits per heavy atom. The highest BCUT2D eigenvalue weighted by Gasteiger charge is 2.24. The van der Waals surface area contributed by atoms with E-state index in [1.807, 2.05) is 30.6 Å². The summed E-state index contributed by atoms with van der Waals surface area (Å²) in [5.41, 5.74) is 3.15. The monoisotopic (exact) mass is 410 g/mol. The molecule has 0 radical (unpaired) electrons. The van der Waals surface area contributed by atoms with Gasteiger partial charge in [0.05, 0.1) is 14.2 Å². The number of thiazole rings is 1. The predicted octanol–water partition coefficient (Wildman–Crippen LogP) is 4.31. The van der Waals surface area contributed by atoms with E-state index in [0.29, 0.717) is 5.92 Å². The number of rotatable bonds is 6. The summed E-state index contributed by atoms with van der Waals surface area (Å²) >= 11 is 1.62. The average Bonchev–Trinajstić information content (AvgIpc) is 3.28. The van der Waals surface area contributed by atoms with E-state index in [1.54, 1.807) is 25.6 Å². The van der Waals surface area contributed by atoms with Crippen molar-refractivity contribution in [2.45, 2.75) is 32.2 Å². The van der Waals surface area contributed by atoms with Crippen molar-refractivity contribution >= 4 is 11.3 Å². The van der Waals surface area contributed by atoms with Crippen LogP contribution in [0, 0.1) is 6.92 Å². The zero-order valence-electron chi connectivity index (χ0n) is 17.1. The van der Waals surface area contributed by atoms with Crippen LogP contribution < -0.4 is 9.47 Å². The molecule has 3 aromatic rings. The Kier molecular flexibility index (Phi) is 6.06. The standard InChI is InChI=1S/C22H26N4O2S/c1-15-10-20(22-23-6-9-29-22)25-21(24-15)17-4-7-26(8-5-17)14-16-11-18(27-2)13-19(12-16)28-3/h6,9-13,17H,4-5,7-8,14H2,1-3H3. The molecule has 0 spiro atoms. The van der Waals surface area contributed by atoms with Gasteiger partial charge in [0.2, 0.25) is 0 Å². The molecule has 3 heterocycles. The summed E-state index contributed by atoms with van der Waals surface area (Å²) in [4.78, 5) is 16.5. The van der Waals surface area contributed by atoms with E-state index in [1.165, 1.54) is 5.56 Å². The minimum atomic E-state index is 0.393. The third-order valence-electron chi connectivity index (χ3n) is 5.29. The van der Waals surface area contributed by atoms with E-state index >= 15 is 0 Å². The summed E-state index contributed by atoms with van der Waals surface area (Å²) in [6.45, 7) is 4.97. The maximum atomic E-state index is 5.40. The van der Waals surface area contributed by atoms with Gasteiger partial charge in [-0.1, -0.05) is 0 Å². The maximum Gasteiger partial charge on any atom is 0.141 e. The summed E-state index contributed by atoms with van der Waals surface area (Å²) in [6, 6.07) is 8.09. The van der Waals surface area contributed by atoms with Gasteiger partial charge in [0, 0.05) is 35.8 Å². The van der Waals surface area contributed by atoms with Crippen LogP contribution in [0.15, 0.2) is 35.8 Å². The SMILES string of the molecule is COc1cc(CN2CCC(c3nc(C)cc(-c4nccs4)n3)CC2)cc(OC)c1. The van der Waals surface area contributed by atoms with Crippen molar-refractivity contribution in [1.29, 1.82) is 0 Å². The van der Waals surface area contributed by atoms with Gasteiger partial charge in [0.1, 0.15) is 28.0 Å². The summed E-state index contributed by atoms with van der Waals surface area (Å²) in [5, 5.41) is 2.94. The first-order valence-electron chi connectivity index (χ1n) is 9.84. The summed E-state index contributed by atoms with van der Waals surface area (Å²) < 4.78 is 10.8. The van der Waals surface area contributed by atoms with E-state index < -0.39 is 0 Å². The lowest BCUT2D eigenvalue weighted by Gasteiger charge is -2.31. The second kappa shape index (κ2) is 8.88. The number of nitrogens with zero attached hydrogens (tertiary/aromatic N) is 4. The number of aromatic nitrogens is 3. The van der Waals surface area contributed by atoms with Crippen molar-refractivity contribution in [3.05, 3.63) is 52.9 Å². The third kappa shape index (κ3) is 4.74. The van der Waals surface area contributed by atoms with Crippen LogP contribution in [-0.2, 0) is 6.54 Å². The topological polar surface area (TPSA) is 60.4 Å². The molecule has 0 amide bonds. The van der Waals surface area contributed by atoms with Crippen molar-refractivity contribution < 1.29 is 9.47 Å². The lowest BCUT2D eigenvalue weighted by Crippen LogP contribution is -2.33. The number of piperidine rings is 1. The Hall–Kier alpha value is -2.51. The van der Waals surface area contributed by atoms with E-state index in [4.69, 9.17) is 19.4 Å². The number of methoxy groups -OCH3 is 2. The summed E-state index contributed by atoms with van der Waals surface area (Å²) in [7, 11) is 3.37. The molecule has 7 heteroatoms. The Morgan fingerprint density at radius 1 is 1.03 bits per heavy atom. The highest BCUT2D eigenvalue weighted by atomic mass is 32.1. The van der Waals surface area contributed by atoms with Crippen LogP contribution in [0.2, 0.25) is 0 Å². The van der Waals surface area contributed by atoms with Gasteiger partial charge in [0.15, 0.2) is 0 Å². The molecule has 29 heavy (non-hydrogen) atoms. The zero-order chi connectivity index (χ0) is 20.2. The number of benzene rings is 1. The van der Waals surface area contributed by atoms with Crippen LogP contribution in [0.4, 0.5) is 0 Å². The van der Waals surface area contributed by atoms with Crippen molar-refractivity contribution in [3.8, 4) is 22.2 Å². The molecule has 1 aliphatic heterocycles. The molecule has 0 atom stereocenters. The third-order valence-corrected chi connectivity index (χ3v) is 6.09. The predicted molar refractivity (Wildman–Crippen MR) is 115 cm³/mol. The van der Waals surface area contributed by atoms with Crippen LogP contribution in [-0.4, -0.2) is 47.2 Å². The first-order valence-corrected chi connectivity index (χ1v) is 10.7. The fourth-order valence-corrected chi connectivity index (χ4v) is 4.40. The van der Waals surface area contributed by atoms with Crippen LogP contribution >= 0.6 is 11.3 Å². The van der Waals surface area contributed by atoms with Gasteiger partial charge in [-0.3, -0.25) is 4.90 Å². The van der Waals surface area contributed by atoms with Crippen LogP contribution in [0.25, 0.3) is 10.7 Å². The zero-order valence-corrected chi connectivity index (χ0v) is 17.9. The van der Waals surface area contributed by atoms with Gasteiger partial charge >= 0.3 is 0 Å². The second-order valence-electron chi connectivity index (χ2n) is 7.36. The number of hydrogen-bond acceptors (Lipinski definition) is 7. The molecule has 1 saturated heterocycles. The highest BCUT2D eigenvalue weighted by Crippen LogP contribution is 2.30. The van der Waals surface area contributed by atoms with Gasteiger partial charge in [-0.2, -0.15) is 0 Å². The number of likely N-dealkylation sites (tertiary alicyclic amines) is 1. The minimum absolute atomic E-state index is 0.393. The van der Waals surface area contributed by atoms with Gasteiger partial charge in [-0.15, -0.1) is 11.3 Å². The lowest BCUT2D eigenvalue weighted by molar-refractivity contribution is 0.201. The van der Waals surface area contributed by atoms with Crippen molar-refractivity contribution in [2.24, 2.45) is 0 Å². The molecule has 6 nitrogen and oxygen atoms in total. The maximum absolute atomic E-state index is 5.40. The Balaban J connectivity index is 1.42. The molecule has 1 fully saturated rings. The summed E-state index contributed by atoms with van der Waals surface area (Å²) in [6.07, 6.45) is 3.94. The van der Waals surface area contributed by atoms with E-state index in [9.17, 15) is 0 Å². The molecular weight excluding hydrogens is 384 g/mol. The summed E-state index contributed by atoms with van der Waals surface area (Å²) in [5.74, 6) is 3.01. The molecule has 0 N–H and O–H groups in total. The molecule has 152 valence electrons. The van der Waals surface area contributed by atoms with E-state index in [-0.39, 0.29) is 0 Å². The lowest BCUT2D eigenvalue weighted by atomic mass is 9.95. The molecule has 1 aromatic carbocycles. The second-order valence-corrected chi connectivity index (χ2v) is 8.26. The quantitative estimate of drug-likeness (QED) is 0.604. The van der Waals surface area contributed by atoms with Crippen LogP contribution in [0.1, 0.15) is 35.8 Å². The molecule has 2 aromatic heterocycles.